The van der Waals surface area contributed by atoms with Gasteiger partial charge in [0.1, 0.15) is 6.26 Å². The van der Waals surface area contributed by atoms with Gasteiger partial charge in [0, 0.05) is 12.5 Å². The summed E-state index contributed by atoms with van der Waals surface area (Å²) in [5.74, 6) is 1.31. The Bertz CT molecular complexity index is 339. The normalized spacial score (nSPS) is 30.8. The summed E-state index contributed by atoms with van der Waals surface area (Å²) in [5.41, 5.74) is 1.07. The number of hydrogen-bond donors (Lipinski definition) is 1. The van der Waals surface area contributed by atoms with Crippen molar-refractivity contribution in [1.82, 2.24) is 10.3 Å². The third-order valence-electron chi connectivity index (χ3n) is 3.50. The van der Waals surface area contributed by atoms with E-state index >= 15 is 0 Å². The Morgan fingerprint density at radius 1 is 1.31 bits per heavy atom. The fourth-order valence-corrected chi connectivity index (χ4v) is 2.48. The van der Waals surface area contributed by atoms with Gasteiger partial charge in [-0.05, 0) is 25.8 Å². The first-order valence-electron chi connectivity index (χ1n) is 6.20. The molecular weight excluding hydrogens is 204 g/mol. The average Bonchev–Trinajstić information content (AvgIpc) is 3.01. The molecule has 2 fully saturated rings. The predicted molar refractivity (Wildman–Crippen MR) is 59.3 cm³/mol. The molecule has 0 saturated carbocycles. The lowest BCUT2D eigenvalue weighted by atomic mass is 10.0. The van der Waals surface area contributed by atoms with Crippen LogP contribution in [0, 0.1) is 0 Å². The van der Waals surface area contributed by atoms with Crippen LogP contribution < -0.4 is 5.32 Å². The van der Waals surface area contributed by atoms with Crippen LogP contribution in [0.25, 0.3) is 0 Å². The third-order valence-corrected chi connectivity index (χ3v) is 3.50. The van der Waals surface area contributed by atoms with Crippen LogP contribution in [-0.2, 0) is 4.74 Å². The van der Waals surface area contributed by atoms with Crippen LogP contribution in [0.5, 0.6) is 0 Å². The van der Waals surface area contributed by atoms with Crippen LogP contribution >= 0.6 is 0 Å². The molecule has 0 bridgehead atoms. The molecule has 1 aromatic rings. The van der Waals surface area contributed by atoms with Crippen molar-refractivity contribution in [2.24, 2.45) is 0 Å². The zero-order chi connectivity index (χ0) is 10.8. The van der Waals surface area contributed by atoms with E-state index in [4.69, 9.17) is 9.15 Å². The average molecular weight is 222 g/mol. The van der Waals surface area contributed by atoms with Crippen LogP contribution in [0.2, 0.25) is 0 Å². The molecule has 2 atom stereocenters. The van der Waals surface area contributed by atoms with Crippen LogP contribution in [0.1, 0.15) is 49.2 Å². The van der Waals surface area contributed by atoms with Crippen LogP contribution in [-0.4, -0.2) is 24.7 Å². The number of ether oxygens (including phenoxy) is 1. The highest BCUT2D eigenvalue weighted by Gasteiger charge is 2.24. The van der Waals surface area contributed by atoms with Gasteiger partial charge in [0.25, 0.3) is 0 Å². The number of piperidine rings is 1. The summed E-state index contributed by atoms with van der Waals surface area (Å²) in [5, 5.41) is 3.45. The minimum atomic E-state index is 0.324. The van der Waals surface area contributed by atoms with Gasteiger partial charge in [-0.1, -0.05) is 6.42 Å². The van der Waals surface area contributed by atoms with E-state index < -0.39 is 0 Å². The van der Waals surface area contributed by atoms with Gasteiger partial charge < -0.3 is 14.5 Å². The van der Waals surface area contributed by atoms with Crippen molar-refractivity contribution in [3.05, 3.63) is 17.8 Å². The summed E-state index contributed by atoms with van der Waals surface area (Å²) in [6.07, 6.45) is 6.55. The first-order valence-corrected chi connectivity index (χ1v) is 6.20. The Morgan fingerprint density at radius 3 is 3.06 bits per heavy atom. The second-order valence-electron chi connectivity index (χ2n) is 4.67. The summed E-state index contributed by atoms with van der Waals surface area (Å²) in [4.78, 5) is 4.61. The van der Waals surface area contributed by atoms with Gasteiger partial charge in [-0.2, -0.15) is 0 Å². The van der Waals surface area contributed by atoms with Crippen molar-refractivity contribution in [3.63, 3.8) is 0 Å². The molecule has 88 valence electrons. The molecule has 16 heavy (non-hydrogen) atoms. The molecule has 2 aliphatic rings. The molecular formula is C12H18N2O2. The molecule has 0 aliphatic carbocycles. The molecule has 2 unspecified atom stereocenters. The Hall–Kier alpha value is -0.870. The van der Waals surface area contributed by atoms with Gasteiger partial charge in [-0.3, -0.25) is 0 Å². The summed E-state index contributed by atoms with van der Waals surface area (Å²) in [7, 11) is 0. The Kier molecular flexibility index (Phi) is 2.93. The van der Waals surface area contributed by atoms with Gasteiger partial charge in [0.05, 0.1) is 18.3 Å². The fraction of sp³-hybridized carbons (Fsp3) is 0.750. The van der Waals surface area contributed by atoms with E-state index in [-0.39, 0.29) is 0 Å². The van der Waals surface area contributed by atoms with E-state index in [1.807, 2.05) is 6.26 Å². The van der Waals surface area contributed by atoms with Crippen molar-refractivity contribution < 1.29 is 9.15 Å². The lowest BCUT2D eigenvalue weighted by Gasteiger charge is -2.20. The first kappa shape index (κ1) is 10.3. The number of nitrogens with zero attached hydrogens (tertiary/aromatic N) is 1. The number of nitrogens with one attached hydrogen (secondary N) is 1. The lowest BCUT2D eigenvalue weighted by Crippen LogP contribution is -2.27. The van der Waals surface area contributed by atoms with E-state index in [2.05, 4.69) is 10.3 Å². The summed E-state index contributed by atoms with van der Waals surface area (Å²) in [6.45, 7) is 2.73. The minimum absolute atomic E-state index is 0.324. The van der Waals surface area contributed by atoms with Gasteiger partial charge in [0.2, 0.25) is 5.89 Å². The highest BCUT2D eigenvalue weighted by Crippen LogP contribution is 2.28. The quantitative estimate of drug-likeness (QED) is 0.831. The second-order valence-corrected chi connectivity index (χ2v) is 4.67. The minimum Gasteiger partial charge on any atom is -0.447 e. The van der Waals surface area contributed by atoms with E-state index in [9.17, 15) is 0 Å². The molecule has 1 aromatic heterocycles. The van der Waals surface area contributed by atoms with Crippen molar-refractivity contribution in [2.75, 3.05) is 19.8 Å². The van der Waals surface area contributed by atoms with Gasteiger partial charge in [-0.25, -0.2) is 4.98 Å². The summed E-state index contributed by atoms with van der Waals surface area (Å²) < 4.78 is 11.0. The zero-order valence-corrected chi connectivity index (χ0v) is 9.45. The van der Waals surface area contributed by atoms with Crippen molar-refractivity contribution >= 4 is 0 Å². The Balaban J connectivity index is 1.71. The smallest absolute Gasteiger partial charge is 0.211 e. The maximum atomic E-state index is 5.59. The molecule has 2 aliphatic heterocycles. The Labute approximate surface area is 95.4 Å². The number of rotatable bonds is 2. The van der Waals surface area contributed by atoms with Crippen molar-refractivity contribution in [2.45, 2.75) is 37.6 Å². The standard InChI is InChI=1S/C12H18N2O2/c1-2-5-13-10(3-1)12-14-11(8-16-12)9-4-6-15-7-9/h8-10,13H,1-7H2. The third kappa shape index (κ3) is 1.99. The molecule has 4 nitrogen and oxygen atoms in total. The molecule has 4 heteroatoms. The summed E-state index contributed by atoms with van der Waals surface area (Å²) in [6, 6.07) is 0.324. The fourth-order valence-electron chi connectivity index (χ4n) is 2.48. The summed E-state index contributed by atoms with van der Waals surface area (Å²) >= 11 is 0. The van der Waals surface area contributed by atoms with E-state index in [1.54, 1.807) is 0 Å². The van der Waals surface area contributed by atoms with Crippen LogP contribution in [0.4, 0.5) is 0 Å². The Morgan fingerprint density at radius 2 is 2.31 bits per heavy atom. The van der Waals surface area contributed by atoms with Gasteiger partial charge >= 0.3 is 0 Å². The number of oxazole rings is 1. The maximum Gasteiger partial charge on any atom is 0.211 e. The molecule has 1 N–H and O–H groups in total. The molecule has 0 spiro atoms. The monoisotopic (exact) mass is 222 g/mol. The molecule has 2 saturated heterocycles. The second kappa shape index (κ2) is 4.55. The maximum absolute atomic E-state index is 5.59. The van der Waals surface area contributed by atoms with Crippen molar-refractivity contribution in [3.8, 4) is 0 Å². The van der Waals surface area contributed by atoms with Gasteiger partial charge in [-0.15, -0.1) is 0 Å². The molecule has 3 heterocycles. The highest BCUT2D eigenvalue weighted by atomic mass is 16.5. The molecule has 3 rings (SSSR count). The topological polar surface area (TPSA) is 47.3 Å². The number of aromatic nitrogens is 1. The zero-order valence-electron chi connectivity index (χ0n) is 9.45. The van der Waals surface area contributed by atoms with Crippen molar-refractivity contribution in [1.29, 1.82) is 0 Å². The highest BCUT2D eigenvalue weighted by molar-refractivity contribution is 5.08. The molecule has 0 radical (unpaired) electrons. The van der Waals surface area contributed by atoms with Crippen LogP contribution in [0.15, 0.2) is 10.7 Å². The van der Waals surface area contributed by atoms with E-state index in [1.165, 1.54) is 12.8 Å². The predicted octanol–water partition coefficient (Wildman–Crippen LogP) is 1.99. The SMILES string of the molecule is c1oc(C2CCCCN2)nc1C1CCOC1. The molecule has 0 amide bonds. The molecule has 0 aromatic carbocycles. The lowest BCUT2D eigenvalue weighted by molar-refractivity contribution is 0.193. The van der Waals surface area contributed by atoms with Gasteiger partial charge in [0.15, 0.2) is 0 Å². The largest absolute Gasteiger partial charge is 0.447 e. The van der Waals surface area contributed by atoms with E-state index in [0.717, 1.165) is 44.2 Å². The number of hydrogen-bond acceptors (Lipinski definition) is 4. The van der Waals surface area contributed by atoms with E-state index in [0.29, 0.717) is 12.0 Å². The first-order chi connectivity index (χ1) is 7.93. The van der Waals surface area contributed by atoms with Crippen LogP contribution in [0.3, 0.4) is 0 Å².